The number of halogens is 1. The molecule has 96 valence electrons. The molecule has 0 aliphatic heterocycles. The van der Waals surface area contributed by atoms with Gasteiger partial charge in [-0.05, 0) is 12.5 Å². The first-order valence-corrected chi connectivity index (χ1v) is 5.19. The Morgan fingerprint density at radius 2 is 2.00 bits per heavy atom. The number of methoxy groups -OCH3 is 1. The summed E-state index contributed by atoms with van der Waals surface area (Å²) in [6.07, 6.45) is 0. The van der Waals surface area contributed by atoms with E-state index in [1.54, 1.807) is 0 Å². The number of ether oxygens (including phenoxy) is 1. The molecular formula is C12H15IN4O. The van der Waals surface area contributed by atoms with Crippen LogP contribution in [0, 0.1) is 6.92 Å². The molecule has 0 amide bonds. The lowest BCUT2D eigenvalue weighted by molar-refractivity contribution is 0.397. The van der Waals surface area contributed by atoms with Gasteiger partial charge in [0.15, 0.2) is 5.82 Å². The summed E-state index contributed by atoms with van der Waals surface area (Å²) in [5, 5.41) is 6.93. The summed E-state index contributed by atoms with van der Waals surface area (Å²) in [6, 6.07) is 10.0. The van der Waals surface area contributed by atoms with Crippen LogP contribution in [0.1, 0.15) is 5.56 Å². The van der Waals surface area contributed by atoms with E-state index in [9.17, 15) is 0 Å². The predicted octanol–water partition coefficient (Wildman–Crippen LogP) is 2.60. The molecule has 18 heavy (non-hydrogen) atoms. The SMILES string of the molecule is COC(N)=Nc1cc(-c2ccc(C)cc2)[nH]n1.I. The summed E-state index contributed by atoms with van der Waals surface area (Å²) in [5.74, 6) is 0.500. The van der Waals surface area contributed by atoms with Crippen molar-refractivity contribution in [2.45, 2.75) is 6.92 Å². The molecule has 2 rings (SSSR count). The Kier molecular flexibility index (Phi) is 5.14. The number of rotatable bonds is 2. The van der Waals surface area contributed by atoms with Crippen molar-refractivity contribution < 1.29 is 4.74 Å². The van der Waals surface area contributed by atoms with Gasteiger partial charge in [0.1, 0.15) is 0 Å². The van der Waals surface area contributed by atoms with Crippen LogP contribution in [0.2, 0.25) is 0 Å². The van der Waals surface area contributed by atoms with Gasteiger partial charge in [-0.1, -0.05) is 29.8 Å². The molecular weight excluding hydrogens is 343 g/mol. The molecule has 5 nitrogen and oxygen atoms in total. The Morgan fingerprint density at radius 3 is 2.61 bits per heavy atom. The van der Waals surface area contributed by atoms with Gasteiger partial charge >= 0.3 is 0 Å². The van der Waals surface area contributed by atoms with Gasteiger partial charge < -0.3 is 10.5 Å². The molecule has 0 aliphatic carbocycles. The van der Waals surface area contributed by atoms with Gasteiger partial charge in [-0.15, -0.1) is 24.0 Å². The molecule has 3 N–H and O–H groups in total. The topological polar surface area (TPSA) is 76.3 Å². The second-order valence-corrected chi connectivity index (χ2v) is 3.66. The molecule has 0 unspecified atom stereocenters. The first-order valence-electron chi connectivity index (χ1n) is 5.19. The van der Waals surface area contributed by atoms with E-state index >= 15 is 0 Å². The van der Waals surface area contributed by atoms with Crippen LogP contribution in [-0.4, -0.2) is 23.3 Å². The minimum atomic E-state index is 0. The van der Waals surface area contributed by atoms with Crippen molar-refractivity contribution in [3.63, 3.8) is 0 Å². The highest BCUT2D eigenvalue weighted by atomic mass is 127. The normalized spacial score (nSPS) is 10.9. The van der Waals surface area contributed by atoms with Crippen molar-refractivity contribution in [1.29, 1.82) is 0 Å². The number of aromatic nitrogens is 2. The fraction of sp³-hybridized carbons (Fsp3) is 0.167. The van der Waals surface area contributed by atoms with Crippen molar-refractivity contribution in [2.75, 3.05) is 7.11 Å². The molecule has 0 saturated heterocycles. The molecule has 0 aliphatic rings. The molecule has 0 fully saturated rings. The number of aryl methyl sites for hydroxylation is 1. The summed E-state index contributed by atoms with van der Waals surface area (Å²) in [6.45, 7) is 2.05. The van der Waals surface area contributed by atoms with Gasteiger partial charge in [0.2, 0.25) is 0 Å². The fourth-order valence-electron chi connectivity index (χ4n) is 1.41. The van der Waals surface area contributed by atoms with Gasteiger partial charge in [0.05, 0.1) is 12.8 Å². The molecule has 2 aromatic rings. The number of nitrogens with two attached hydrogens (primary N) is 1. The number of aromatic amines is 1. The molecule has 1 heterocycles. The Balaban J connectivity index is 0.00000162. The third-order valence-electron chi connectivity index (χ3n) is 2.36. The lowest BCUT2D eigenvalue weighted by Crippen LogP contribution is -2.12. The van der Waals surface area contributed by atoms with E-state index in [-0.39, 0.29) is 30.0 Å². The monoisotopic (exact) mass is 358 g/mol. The van der Waals surface area contributed by atoms with Crippen LogP contribution >= 0.6 is 24.0 Å². The van der Waals surface area contributed by atoms with Crippen LogP contribution in [0.4, 0.5) is 5.82 Å². The third kappa shape index (κ3) is 3.46. The number of hydrogen-bond donors (Lipinski definition) is 2. The minimum absolute atomic E-state index is 0. The van der Waals surface area contributed by atoms with Crippen molar-refractivity contribution in [1.82, 2.24) is 10.2 Å². The van der Waals surface area contributed by atoms with Crippen LogP contribution < -0.4 is 5.73 Å². The third-order valence-corrected chi connectivity index (χ3v) is 2.36. The molecule has 1 aromatic heterocycles. The molecule has 0 spiro atoms. The van der Waals surface area contributed by atoms with E-state index in [2.05, 4.69) is 15.2 Å². The minimum Gasteiger partial charge on any atom is -0.468 e. The lowest BCUT2D eigenvalue weighted by atomic mass is 10.1. The standard InChI is InChI=1S/C12H14N4O.HI/c1-8-3-5-9(6-4-8)10-7-11(16-15-10)14-12(13)17-2;/h3-7H,1-2H3,(H3,13,14,15,16);1H. The van der Waals surface area contributed by atoms with E-state index in [1.165, 1.54) is 12.7 Å². The number of nitrogens with zero attached hydrogens (tertiary/aromatic N) is 2. The van der Waals surface area contributed by atoms with Gasteiger partial charge in [0.25, 0.3) is 6.02 Å². The summed E-state index contributed by atoms with van der Waals surface area (Å²) >= 11 is 0. The quantitative estimate of drug-likeness (QED) is 0.492. The average molecular weight is 358 g/mol. The Labute approximate surface area is 122 Å². The zero-order valence-electron chi connectivity index (χ0n) is 10.2. The Hall–Kier alpha value is -1.57. The van der Waals surface area contributed by atoms with Crippen molar-refractivity contribution in [2.24, 2.45) is 10.7 Å². The number of amidine groups is 1. The van der Waals surface area contributed by atoms with Gasteiger partial charge in [-0.25, -0.2) is 0 Å². The maximum Gasteiger partial charge on any atom is 0.288 e. The zero-order chi connectivity index (χ0) is 12.3. The van der Waals surface area contributed by atoms with Gasteiger partial charge in [0, 0.05) is 6.07 Å². The Bertz CT molecular complexity index is 533. The smallest absolute Gasteiger partial charge is 0.288 e. The fourth-order valence-corrected chi connectivity index (χ4v) is 1.41. The number of H-pyrrole nitrogens is 1. The molecule has 1 aromatic carbocycles. The van der Waals surface area contributed by atoms with Crippen LogP contribution in [-0.2, 0) is 4.74 Å². The number of aliphatic imine (C=N–C) groups is 1. The van der Waals surface area contributed by atoms with Crippen LogP contribution in [0.3, 0.4) is 0 Å². The molecule has 6 heteroatoms. The average Bonchev–Trinajstić information content (AvgIpc) is 2.78. The van der Waals surface area contributed by atoms with Crippen LogP contribution in [0.15, 0.2) is 35.3 Å². The second-order valence-electron chi connectivity index (χ2n) is 3.66. The predicted molar refractivity (Wildman–Crippen MR) is 82.5 cm³/mol. The second kappa shape index (κ2) is 6.39. The lowest BCUT2D eigenvalue weighted by Gasteiger charge is -1.96. The highest BCUT2D eigenvalue weighted by Crippen LogP contribution is 2.21. The number of hydrogen-bond acceptors (Lipinski definition) is 3. The highest BCUT2D eigenvalue weighted by molar-refractivity contribution is 14.0. The van der Waals surface area contributed by atoms with Gasteiger partial charge in [-0.2, -0.15) is 10.1 Å². The van der Waals surface area contributed by atoms with Gasteiger partial charge in [-0.3, -0.25) is 5.10 Å². The number of benzene rings is 1. The van der Waals surface area contributed by atoms with E-state index in [1.807, 2.05) is 37.3 Å². The molecule has 0 radical (unpaired) electrons. The number of nitrogens with one attached hydrogen (secondary N) is 1. The van der Waals surface area contributed by atoms with E-state index < -0.39 is 0 Å². The van der Waals surface area contributed by atoms with Crippen molar-refractivity contribution in [3.8, 4) is 11.3 Å². The summed E-state index contributed by atoms with van der Waals surface area (Å²) in [7, 11) is 1.46. The maximum absolute atomic E-state index is 5.45. The molecule has 0 atom stereocenters. The Morgan fingerprint density at radius 1 is 1.33 bits per heavy atom. The summed E-state index contributed by atoms with van der Waals surface area (Å²) in [4.78, 5) is 3.97. The maximum atomic E-state index is 5.45. The molecule has 0 saturated carbocycles. The first-order chi connectivity index (χ1) is 8.19. The molecule has 0 bridgehead atoms. The highest BCUT2D eigenvalue weighted by Gasteiger charge is 2.03. The van der Waals surface area contributed by atoms with E-state index in [0.717, 1.165) is 11.3 Å². The van der Waals surface area contributed by atoms with E-state index in [0.29, 0.717) is 5.82 Å². The van der Waals surface area contributed by atoms with Crippen molar-refractivity contribution in [3.05, 3.63) is 35.9 Å². The summed E-state index contributed by atoms with van der Waals surface area (Å²) in [5.41, 5.74) is 8.62. The van der Waals surface area contributed by atoms with Crippen LogP contribution in [0.5, 0.6) is 0 Å². The first kappa shape index (κ1) is 14.5. The summed E-state index contributed by atoms with van der Waals surface area (Å²) < 4.78 is 4.76. The van der Waals surface area contributed by atoms with Crippen LogP contribution in [0.25, 0.3) is 11.3 Å². The largest absolute Gasteiger partial charge is 0.468 e. The van der Waals surface area contributed by atoms with Crippen molar-refractivity contribution >= 4 is 35.8 Å². The zero-order valence-corrected chi connectivity index (χ0v) is 12.5. The van der Waals surface area contributed by atoms with E-state index in [4.69, 9.17) is 10.5 Å².